The van der Waals surface area contributed by atoms with Crippen molar-refractivity contribution < 1.29 is 4.79 Å². The summed E-state index contributed by atoms with van der Waals surface area (Å²) in [5.74, 6) is -0.0437. The summed E-state index contributed by atoms with van der Waals surface area (Å²) >= 11 is 0. The molecule has 0 bridgehead atoms. The molecule has 2 rings (SSSR count). The largest absolute Gasteiger partial charge is 0.352 e. The van der Waals surface area contributed by atoms with Gasteiger partial charge in [-0.05, 0) is 18.1 Å². The van der Waals surface area contributed by atoms with Crippen LogP contribution in [0.4, 0.5) is 0 Å². The van der Waals surface area contributed by atoms with E-state index in [-0.39, 0.29) is 23.8 Å². The number of amides is 1. The van der Waals surface area contributed by atoms with Crippen LogP contribution in [0.15, 0.2) is 60.7 Å². The number of hydrogen-bond acceptors (Lipinski definition) is 2. The molecule has 3 N–H and O–H groups in total. The summed E-state index contributed by atoms with van der Waals surface area (Å²) in [6, 6.07) is 20.5. The number of carbonyl (C=O) groups excluding carboxylic acids is 1. The number of rotatable bonds is 6. The first-order valence-electron chi connectivity index (χ1n) is 7.73. The monoisotopic (exact) mass is 296 g/mol. The molecule has 0 spiro atoms. The Balaban J connectivity index is 2.27. The number of nitrogens with one attached hydrogen (secondary N) is 1. The van der Waals surface area contributed by atoms with Crippen LogP contribution in [0, 0.1) is 5.92 Å². The van der Waals surface area contributed by atoms with Crippen molar-refractivity contribution in [2.75, 3.05) is 6.54 Å². The van der Waals surface area contributed by atoms with Gasteiger partial charge in [-0.25, -0.2) is 0 Å². The van der Waals surface area contributed by atoms with Gasteiger partial charge in [0.2, 0.25) is 5.91 Å². The lowest BCUT2D eigenvalue weighted by atomic mass is 9.85. The van der Waals surface area contributed by atoms with E-state index in [4.69, 9.17) is 5.73 Å². The Kier molecular flexibility index (Phi) is 5.73. The molecule has 116 valence electrons. The number of nitrogens with two attached hydrogens (primary N) is 1. The molecule has 1 amide bonds. The van der Waals surface area contributed by atoms with Gasteiger partial charge >= 0.3 is 0 Å². The molecule has 0 aliphatic heterocycles. The summed E-state index contributed by atoms with van der Waals surface area (Å²) < 4.78 is 0. The molecule has 0 fully saturated rings. The minimum absolute atomic E-state index is 0.00635. The van der Waals surface area contributed by atoms with Crippen LogP contribution >= 0.6 is 0 Å². The molecule has 2 atom stereocenters. The molecule has 0 saturated carbocycles. The van der Waals surface area contributed by atoms with Gasteiger partial charge in [0.1, 0.15) is 0 Å². The molecule has 0 heterocycles. The van der Waals surface area contributed by atoms with Gasteiger partial charge in [-0.3, -0.25) is 4.79 Å². The molecule has 0 radical (unpaired) electrons. The van der Waals surface area contributed by atoms with E-state index in [1.807, 2.05) is 50.2 Å². The van der Waals surface area contributed by atoms with Gasteiger partial charge < -0.3 is 11.1 Å². The summed E-state index contributed by atoms with van der Waals surface area (Å²) in [5, 5.41) is 3.11. The zero-order chi connectivity index (χ0) is 15.9. The van der Waals surface area contributed by atoms with E-state index in [9.17, 15) is 4.79 Å². The van der Waals surface area contributed by atoms with Crippen molar-refractivity contribution >= 4 is 5.91 Å². The molecule has 2 unspecified atom stereocenters. The molecule has 0 saturated heterocycles. The summed E-state index contributed by atoms with van der Waals surface area (Å²) in [5.41, 5.74) is 7.98. The van der Waals surface area contributed by atoms with Crippen LogP contribution in [0.3, 0.4) is 0 Å². The van der Waals surface area contributed by atoms with Crippen LogP contribution in [0.1, 0.15) is 30.9 Å². The second kappa shape index (κ2) is 7.76. The maximum atomic E-state index is 12.2. The van der Waals surface area contributed by atoms with E-state index < -0.39 is 0 Å². The Morgan fingerprint density at radius 2 is 1.41 bits per heavy atom. The maximum absolute atomic E-state index is 12.2. The van der Waals surface area contributed by atoms with Gasteiger partial charge in [0, 0.05) is 24.4 Å². The first-order chi connectivity index (χ1) is 10.6. The topological polar surface area (TPSA) is 55.1 Å². The average Bonchev–Trinajstić information content (AvgIpc) is 2.56. The van der Waals surface area contributed by atoms with E-state index >= 15 is 0 Å². The first kappa shape index (κ1) is 16.2. The highest BCUT2D eigenvalue weighted by molar-refractivity contribution is 5.79. The molecular weight excluding hydrogens is 272 g/mol. The second-order valence-corrected chi connectivity index (χ2v) is 5.73. The van der Waals surface area contributed by atoms with E-state index in [1.165, 1.54) is 11.1 Å². The average molecular weight is 296 g/mol. The van der Waals surface area contributed by atoms with Crippen molar-refractivity contribution in [2.24, 2.45) is 11.7 Å². The van der Waals surface area contributed by atoms with Crippen LogP contribution in [-0.2, 0) is 4.79 Å². The molecule has 22 heavy (non-hydrogen) atoms. The van der Waals surface area contributed by atoms with E-state index in [0.29, 0.717) is 6.54 Å². The second-order valence-electron chi connectivity index (χ2n) is 5.73. The van der Waals surface area contributed by atoms with Crippen LogP contribution in [0.2, 0.25) is 0 Å². The Morgan fingerprint density at radius 3 is 1.82 bits per heavy atom. The Labute approximate surface area is 132 Å². The molecule has 2 aromatic carbocycles. The predicted octanol–water partition coefficient (Wildman–Crippen LogP) is 2.92. The van der Waals surface area contributed by atoms with Crippen molar-refractivity contribution in [3.05, 3.63) is 71.8 Å². The van der Waals surface area contributed by atoms with Crippen molar-refractivity contribution in [3.63, 3.8) is 0 Å². The van der Waals surface area contributed by atoms with Crippen LogP contribution in [0.5, 0.6) is 0 Å². The highest BCUT2D eigenvalue weighted by Crippen LogP contribution is 2.28. The molecule has 2 aromatic rings. The van der Waals surface area contributed by atoms with Gasteiger partial charge in [0.25, 0.3) is 0 Å². The highest BCUT2D eigenvalue weighted by atomic mass is 16.1. The third-order valence-corrected chi connectivity index (χ3v) is 3.99. The third kappa shape index (κ3) is 3.95. The van der Waals surface area contributed by atoms with Gasteiger partial charge in [0.15, 0.2) is 0 Å². The molecular formula is C19H24N2O. The summed E-state index contributed by atoms with van der Waals surface area (Å²) in [7, 11) is 0. The number of hydrogen-bond donors (Lipinski definition) is 2. The highest BCUT2D eigenvalue weighted by Gasteiger charge is 2.24. The van der Waals surface area contributed by atoms with Crippen molar-refractivity contribution in [1.82, 2.24) is 5.32 Å². The Hall–Kier alpha value is -2.13. The SMILES string of the molecule is CC(CN)C(=O)NC(C)C(c1ccccc1)c1ccccc1. The Bertz CT molecular complexity index is 543. The smallest absolute Gasteiger partial charge is 0.224 e. The van der Waals surface area contributed by atoms with Gasteiger partial charge in [-0.15, -0.1) is 0 Å². The first-order valence-corrected chi connectivity index (χ1v) is 7.73. The number of carbonyl (C=O) groups is 1. The normalized spacial score (nSPS) is 13.6. The summed E-state index contributed by atoms with van der Waals surface area (Å²) in [6.45, 7) is 4.26. The van der Waals surface area contributed by atoms with E-state index in [2.05, 4.69) is 29.6 Å². The molecule has 3 nitrogen and oxygen atoms in total. The predicted molar refractivity (Wildman–Crippen MR) is 90.6 cm³/mol. The lowest BCUT2D eigenvalue weighted by molar-refractivity contribution is -0.124. The lowest BCUT2D eigenvalue weighted by Gasteiger charge is -2.27. The van der Waals surface area contributed by atoms with Gasteiger partial charge in [-0.1, -0.05) is 67.6 Å². The minimum Gasteiger partial charge on any atom is -0.352 e. The summed E-state index contributed by atoms with van der Waals surface area (Å²) in [4.78, 5) is 12.2. The molecule has 0 aliphatic rings. The fourth-order valence-electron chi connectivity index (χ4n) is 2.65. The fraction of sp³-hybridized carbons (Fsp3) is 0.316. The summed E-state index contributed by atoms with van der Waals surface area (Å²) in [6.07, 6.45) is 0. The third-order valence-electron chi connectivity index (χ3n) is 3.99. The zero-order valence-corrected chi connectivity index (χ0v) is 13.2. The zero-order valence-electron chi connectivity index (χ0n) is 13.2. The van der Waals surface area contributed by atoms with Gasteiger partial charge in [-0.2, -0.15) is 0 Å². The van der Waals surface area contributed by atoms with Crippen LogP contribution < -0.4 is 11.1 Å². The van der Waals surface area contributed by atoms with Crippen molar-refractivity contribution in [3.8, 4) is 0 Å². The standard InChI is InChI=1S/C19H24N2O/c1-14(13-20)19(22)21-15(2)18(16-9-5-3-6-10-16)17-11-7-4-8-12-17/h3-12,14-15,18H,13,20H2,1-2H3,(H,21,22). The molecule has 0 aromatic heterocycles. The minimum atomic E-state index is -0.172. The van der Waals surface area contributed by atoms with E-state index in [1.54, 1.807) is 0 Å². The quantitative estimate of drug-likeness (QED) is 0.861. The van der Waals surface area contributed by atoms with E-state index in [0.717, 1.165) is 0 Å². The molecule has 3 heteroatoms. The van der Waals surface area contributed by atoms with Crippen molar-refractivity contribution in [1.29, 1.82) is 0 Å². The van der Waals surface area contributed by atoms with Crippen LogP contribution in [-0.4, -0.2) is 18.5 Å². The van der Waals surface area contributed by atoms with Crippen LogP contribution in [0.25, 0.3) is 0 Å². The Morgan fingerprint density at radius 1 is 0.955 bits per heavy atom. The molecule has 0 aliphatic carbocycles. The lowest BCUT2D eigenvalue weighted by Crippen LogP contribution is -2.42. The fourth-order valence-corrected chi connectivity index (χ4v) is 2.65. The maximum Gasteiger partial charge on any atom is 0.224 e. The van der Waals surface area contributed by atoms with Crippen molar-refractivity contribution in [2.45, 2.75) is 25.8 Å². The van der Waals surface area contributed by atoms with Gasteiger partial charge in [0.05, 0.1) is 0 Å². The number of benzene rings is 2.